The summed E-state index contributed by atoms with van der Waals surface area (Å²) >= 11 is 1.70. The summed E-state index contributed by atoms with van der Waals surface area (Å²) in [6, 6.07) is 1.81. The number of hydrogen-bond donors (Lipinski definition) is 3. The molecule has 4 N–H and O–H groups in total. The van der Waals surface area contributed by atoms with Gasteiger partial charge in [0.05, 0.1) is 0 Å². The maximum atomic E-state index is 5.23. The number of nitrogen functional groups attached to an aromatic ring is 1. The number of aromatic nitrogens is 2. The van der Waals surface area contributed by atoms with E-state index in [4.69, 9.17) is 5.84 Å². The molecule has 2 aromatic rings. The molecule has 0 radical (unpaired) electrons. The van der Waals surface area contributed by atoms with Gasteiger partial charge in [0.25, 0.3) is 0 Å². The van der Waals surface area contributed by atoms with Gasteiger partial charge in [0, 0.05) is 12.7 Å². The monoisotopic (exact) mass is 235 g/mol. The van der Waals surface area contributed by atoms with Gasteiger partial charge in [-0.1, -0.05) is 0 Å². The van der Waals surface area contributed by atoms with Crippen LogP contribution in [0.15, 0.2) is 23.0 Å². The van der Waals surface area contributed by atoms with Crippen LogP contribution in [0.4, 0.5) is 11.8 Å². The Bertz CT molecular complexity index is 468. The van der Waals surface area contributed by atoms with Gasteiger partial charge < -0.3 is 5.32 Å². The number of nitrogens with two attached hydrogens (primary N) is 1. The first kappa shape index (κ1) is 10.8. The van der Waals surface area contributed by atoms with Crippen molar-refractivity contribution in [3.63, 3.8) is 0 Å². The van der Waals surface area contributed by atoms with Gasteiger partial charge >= 0.3 is 0 Å². The highest BCUT2D eigenvalue weighted by molar-refractivity contribution is 7.08. The molecule has 2 aromatic heterocycles. The molecule has 0 bridgehead atoms. The summed E-state index contributed by atoms with van der Waals surface area (Å²) in [5, 5.41) is 7.48. The zero-order chi connectivity index (χ0) is 11.4. The predicted molar refractivity (Wildman–Crippen MR) is 66.2 cm³/mol. The Balaban J connectivity index is 2.02. The van der Waals surface area contributed by atoms with E-state index in [1.165, 1.54) is 11.1 Å². The van der Waals surface area contributed by atoms with Crippen LogP contribution >= 0.6 is 11.3 Å². The molecule has 0 aliphatic carbocycles. The second kappa shape index (κ2) is 4.91. The minimum Gasteiger partial charge on any atom is -0.366 e. The van der Waals surface area contributed by atoms with Gasteiger partial charge in [-0.15, -0.1) is 0 Å². The molecular weight excluding hydrogens is 222 g/mol. The van der Waals surface area contributed by atoms with Crippen molar-refractivity contribution in [2.45, 2.75) is 13.5 Å². The van der Waals surface area contributed by atoms with Crippen LogP contribution in [0.1, 0.15) is 11.1 Å². The van der Waals surface area contributed by atoms with E-state index in [9.17, 15) is 0 Å². The number of hydrazine groups is 1. The van der Waals surface area contributed by atoms with Crippen LogP contribution in [0.3, 0.4) is 0 Å². The fourth-order valence-corrected chi connectivity index (χ4v) is 2.14. The lowest BCUT2D eigenvalue weighted by Crippen LogP contribution is -2.11. The van der Waals surface area contributed by atoms with Crippen molar-refractivity contribution in [3.05, 3.63) is 34.2 Å². The largest absolute Gasteiger partial charge is 0.366 e. The molecule has 2 heterocycles. The van der Waals surface area contributed by atoms with E-state index in [0.717, 1.165) is 12.4 Å². The van der Waals surface area contributed by atoms with E-state index in [1.807, 2.05) is 6.07 Å². The van der Waals surface area contributed by atoms with Crippen LogP contribution in [0.25, 0.3) is 0 Å². The lowest BCUT2D eigenvalue weighted by molar-refractivity contribution is 1.06. The third-order valence-electron chi connectivity index (χ3n) is 2.21. The van der Waals surface area contributed by atoms with Crippen molar-refractivity contribution in [2.24, 2.45) is 5.84 Å². The fraction of sp³-hybridized carbons (Fsp3) is 0.200. The molecule has 0 unspecified atom stereocenters. The molecule has 0 saturated carbocycles. The summed E-state index contributed by atoms with van der Waals surface area (Å²) in [6.07, 6.45) is 1.66. The summed E-state index contributed by atoms with van der Waals surface area (Å²) < 4.78 is 0. The Hall–Kier alpha value is -1.66. The summed E-state index contributed by atoms with van der Waals surface area (Å²) in [5.74, 6) is 6.40. The fourth-order valence-electron chi connectivity index (χ4n) is 1.28. The highest BCUT2D eigenvalue weighted by Gasteiger charge is 2.00. The molecule has 0 spiro atoms. The normalized spacial score (nSPS) is 10.1. The molecule has 0 atom stereocenters. The number of aryl methyl sites for hydroxylation is 1. The zero-order valence-electron chi connectivity index (χ0n) is 8.90. The number of hydrogen-bond acceptors (Lipinski definition) is 6. The average molecular weight is 235 g/mol. The molecule has 0 amide bonds. The summed E-state index contributed by atoms with van der Waals surface area (Å²) in [6.45, 7) is 2.86. The quantitative estimate of drug-likeness (QED) is 0.556. The molecule has 0 fully saturated rings. The molecule has 84 valence electrons. The first-order valence-electron chi connectivity index (χ1n) is 4.85. The number of anilines is 2. The van der Waals surface area contributed by atoms with E-state index in [-0.39, 0.29) is 0 Å². The van der Waals surface area contributed by atoms with Gasteiger partial charge in [0.2, 0.25) is 5.95 Å². The highest BCUT2D eigenvalue weighted by atomic mass is 32.1. The molecule has 2 rings (SSSR count). The van der Waals surface area contributed by atoms with Gasteiger partial charge in [0.1, 0.15) is 5.82 Å². The maximum Gasteiger partial charge on any atom is 0.239 e. The minimum atomic E-state index is 0.409. The van der Waals surface area contributed by atoms with Gasteiger partial charge in [-0.3, -0.25) is 5.43 Å². The smallest absolute Gasteiger partial charge is 0.239 e. The predicted octanol–water partition coefficient (Wildman–Crippen LogP) is 1.74. The summed E-state index contributed by atoms with van der Waals surface area (Å²) in [7, 11) is 0. The molecule has 16 heavy (non-hydrogen) atoms. The van der Waals surface area contributed by atoms with E-state index in [1.54, 1.807) is 17.5 Å². The van der Waals surface area contributed by atoms with Gasteiger partial charge in [0.15, 0.2) is 0 Å². The Labute approximate surface area is 97.7 Å². The number of nitrogens with zero attached hydrogens (tertiary/aromatic N) is 2. The molecule has 0 aliphatic rings. The lowest BCUT2D eigenvalue weighted by Gasteiger charge is -2.06. The van der Waals surface area contributed by atoms with Gasteiger partial charge in [-0.2, -0.15) is 16.3 Å². The Kier molecular flexibility index (Phi) is 3.33. The SMILES string of the molecule is Cc1cscc1CNc1ccnc(NN)n1. The van der Waals surface area contributed by atoms with Gasteiger partial charge in [-0.25, -0.2) is 10.8 Å². The second-order valence-corrected chi connectivity index (χ2v) is 4.09. The molecule has 0 saturated heterocycles. The standard InChI is InChI=1S/C10H13N5S/c1-7-5-16-6-8(7)4-13-9-2-3-12-10(14-9)15-11/h2-3,5-6H,4,11H2,1H3,(H2,12,13,14,15). The van der Waals surface area contributed by atoms with Crippen LogP contribution in [-0.2, 0) is 6.54 Å². The topological polar surface area (TPSA) is 75.9 Å². The van der Waals surface area contributed by atoms with Crippen LogP contribution in [0.2, 0.25) is 0 Å². The number of rotatable bonds is 4. The van der Waals surface area contributed by atoms with Crippen LogP contribution in [0, 0.1) is 6.92 Å². The average Bonchev–Trinajstić information content (AvgIpc) is 2.72. The molecule has 0 aliphatic heterocycles. The Morgan fingerprint density at radius 3 is 3.00 bits per heavy atom. The maximum absolute atomic E-state index is 5.23. The van der Waals surface area contributed by atoms with Crippen molar-refractivity contribution in [1.82, 2.24) is 9.97 Å². The summed E-state index contributed by atoms with van der Waals surface area (Å²) in [4.78, 5) is 8.10. The molecule has 0 aromatic carbocycles. The van der Waals surface area contributed by atoms with E-state index in [2.05, 4.69) is 38.4 Å². The number of thiophene rings is 1. The van der Waals surface area contributed by atoms with E-state index < -0.39 is 0 Å². The minimum absolute atomic E-state index is 0.409. The lowest BCUT2D eigenvalue weighted by atomic mass is 10.2. The van der Waals surface area contributed by atoms with Crippen molar-refractivity contribution in [2.75, 3.05) is 10.7 Å². The summed E-state index contributed by atoms with van der Waals surface area (Å²) in [5.41, 5.74) is 4.99. The molecule has 6 heteroatoms. The zero-order valence-corrected chi connectivity index (χ0v) is 9.71. The third-order valence-corrected chi connectivity index (χ3v) is 3.12. The second-order valence-electron chi connectivity index (χ2n) is 3.34. The first-order valence-corrected chi connectivity index (χ1v) is 5.79. The van der Waals surface area contributed by atoms with Crippen LogP contribution in [0.5, 0.6) is 0 Å². The van der Waals surface area contributed by atoms with Crippen molar-refractivity contribution < 1.29 is 0 Å². The van der Waals surface area contributed by atoms with Gasteiger partial charge in [-0.05, 0) is 34.9 Å². The Morgan fingerprint density at radius 2 is 2.31 bits per heavy atom. The van der Waals surface area contributed by atoms with Crippen LogP contribution in [-0.4, -0.2) is 9.97 Å². The number of nitrogens with one attached hydrogen (secondary N) is 2. The van der Waals surface area contributed by atoms with E-state index in [0.29, 0.717) is 5.95 Å². The van der Waals surface area contributed by atoms with Crippen LogP contribution < -0.4 is 16.6 Å². The molecular formula is C10H13N5S. The van der Waals surface area contributed by atoms with Crippen molar-refractivity contribution >= 4 is 23.1 Å². The van der Waals surface area contributed by atoms with E-state index >= 15 is 0 Å². The van der Waals surface area contributed by atoms with Crippen molar-refractivity contribution in [3.8, 4) is 0 Å². The highest BCUT2D eigenvalue weighted by Crippen LogP contribution is 2.15. The Morgan fingerprint density at radius 1 is 1.44 bits per heavy atom. The third kappa shape index (κ3) is 2.47. The van der Waals surface area contributed by atoms with Crippen molar-refractivity contribution in [1.29, 1.82) is 0 Å². The first-order chi connectivity index (χ1) is 7.79. The molecule has 5 nitrogen and oxygen atoms in total.